The standard InChI is InChI=1S/C25H17BrO/c26-18-9-7-8-17(16-18)25(27)23-14-5-3-12-21(23)19-10-1-2-11-20(19)22-13-4-6-15-24(22)25/h1-16,27H. The van der Waals surface area contributed by atoms with Gasteiger partial charge in [0.2, 0.25) is 0 Å². The van der Waals surface area contributed by atoms with Crippen molar-refractivity contribution in [3.63, 3.8) is 0 Å². The van der Waals surface area contributed by atoms with Crippen molar-refractivity contribution in [2.45, 2.75) is 5.60 Å². The number of rotatable bonds is 1. The molecule has 0 bridgehead atoms. The van der Waals surface area contributed by atoms with Gasteiger partial charge >= 0.3 is 0 Å². The first-order valence-corrected chi connectivity index (χ1v) is 9.76. The molecule has 0 fully saturated rings. The number of halogens is 1. The van der Waals surface area contributed by atoms with Gasteiger partial charge < -0.3 is 5.11 Å². The molecule has 0 saturated heterocycles. The molecule has 27 heavy (non-hydrogen) atoms. The van der Waals surface area contributed by atoms with E-state index in [-0.39, 0.29) is 0 Å². The lowest BCUT2D eigenvalue weighted by Gasteiger charge is -2.32. The molecule has 1 nitrogen and oxygen atoms in total. The van der Waals surface area contributed by atoms with E-state index in [4.69, 9.17) is 0 Å². The first-order chi connectivity index (χ1) is 13.2. The molecular weight excluding hydrogens is 396 g/mol. The van der Waals surface area contributed by atoms with Gasteiger partial charge in [-0.25, -0.2) is 0 Å². The molecule has 4 aromatic rings. The lowest BCUT2D eigenvalue weighted by atomic mass is 9.78. The van der Waals surface area contributed by atoms with Gasteiger partial charge in [-0.1, -0.05) is 101 Å². The van der Waals surface area contributed by atoms with Crippen molar-refractivity contribution in [2.75, 3.05) is 0 Å². The van der Waals surface area contributed by atoms with Gasteiger partial charge in [-0.05, 0) is 39.9 Å². The zero-order valence-corrected chi connectivity index (χ0v) is 16.1. The van der Waals surface area contributed by atoms with Gasteiger partial charge in [0.15, 0.2) is 0 Å². The van der Waals surface area contributed by atoms with Crippen molar-refractivity contribution in [1.82, 2.24) is 0 Å². The van der Waals surface area contributed by atoms with Crippen LogP contribution in [0.4, 0.5) is 0 Å². The fourth-order valence-corrected chi connectivity index (χ4v) is 4.59. The Balaban J connectivity index is 1.98. The normalized spacial score (nSPS) is 13.9. The van der Waals surface area contributed by atoms with Crippen LogP contribution in [0.15, 0.2) is 102 Å². The SMILES string of the molecule is OC1(c2cccc(Br)c2)c2ccccc2-c2ccccc2-c2ccccc21. The number of aliphatic hydroxyl groups is 1. The summed E-state index contributed by atoms with van der Waals surface area (Å²) in [7, 11) is 0. The molecule has 0 aromatic heterocycles. The zero-order valence-electron chi connectivity index (χ0n) is 14.6. The fraction of sp³-hybridized carbons (Fsp3) is 0.0400. The Hall–Kier alpha value is -2.68. The summed E-state index contributed by atoms with van der Waals surface area (Å²) in [4.78, 5) is 0. The van der Waals surface area contributed by atoms with Crippen molar-refractivity contribution in [3.05, 3.63) is 118 Å². The highest BCUT2D eigenvalue weighted by molar-refractivity contribution is 9.10. The van der Waals surface area contributed by atoms with E-state index >= 15 is 0 Å². The van der Waals surface area contributed by atoms with E-state index in [0.29, 0.717) is 0 Å². The van der Waals surface area contributed by atoms with Crippen molar-refractivity contribution in [3.8, 4) is 22.3 Å². The third-order valence-corrected chi connectivity index (χ3v) is 5.88. The average molecular weight is 413 g/mol. The summed E-state index contributed by atoms with van der Waals surface area (Å²) in [5.74, 6) is 0. The number of benzene rings is 4. The van der Waals surface area contributed by atoms with Crippen LogP contribution in [-0.2, 0) is 5.60 Å². The minimum Gasteiger partial charge on any atom is -0.376 e. The van der Waals surface area contributed by atoms with Crippen LogP contribution in [0.3, 0.4) is 0 Å². The van der Waals surface area contributed by atoms with Crippen LogP contribution in [0, 0.1) is 0 Å². The molecule has 0 unspecified atom stereocenters. The van der Waals surface area contributed by atoms with Crippen LogP contribution < -0.4 is 0 Å². The average Bonchev–Trinajstić information content (AvgIpc) is 2.82. The highest BCUT2D eigenvalue weighted by Crippen LogP contribution is 2.50. The maximum Gasteiger partial charge on any atom is 0.141 e. The number of hydrogen-bond acceptors (Lipinski definition) is 1. The van der Waals surface area contributed by atoms with E-state index in [2.05, 4.69) is 52.3 Å². The second-order valence-corrected chi connectivity index (χ2v) is 7.77. The van der Waals surface area contributed by atoms with Crippen molar-refractivity contribution in [2.24, 2.45) is 0 Å². The molecule has 1 aliphatic rings. The Bertz CT molecular complexity index is 1100. The summed E-state index contributed by atoms with van der Waals surface area (Å²) in [5, 5.41) is 12.3. The third kappa shape index (κ3) is 2.41. The largest absolute Gasteiger partial charge is 0.376 e. The van der Waals surface area contributed by atoms with E-state index in [1.165, 1.54) is 0 Å². The van der Waals surface area contributed by atoms with Crippen LogP contribution in [-0.4, -0.2) is 5.11 Å². The molecule has 130 valence electrons. The smallest absolute Gasteiger partial charge is 0.141 e. The molecule has 0 atom stereocenters. The lowest BCUT2D eigenvalue weighted by molar-refractivity contribution is 0.127. The van der Waals surface area contributed by atoms with Gasteiger partial charge in [0.25, 0.3) is 0 Å². The first-order valence-electron chi connectivity index (χ1n) is 8.97. The second kappa shape index (κ2) is 6.19. The van der Waals surface area contributed by atoms with Gasteiger partial charge in [0, 0.05) is 15.6 Å². The predicted molar refractivity (Wildman–Crippen MR) is 114 cm³/mol. The summed E-state index contributed by atoms with van der Waals surface area (Å²) in [5.41, 5.74) is 5.83. The van der Waals surface area contributed by atoms with Gasteiger partial charge in [-0.15, -0.1) is 0 Å². The van der Waals surface area contributed by atoms with E-state index < -0.39 is 5.60 Å². The molecule has 0 spiro atoms. The molecule has 0 aliphatic heterocycles. The third-order valence-electron chi connectivity index (χ3n) is 5.38. The van der Waals surface area contributed by atoms with Crippen LogP contribution in [0.2, 0.25) is 0 Å². The van der Waals surface area contributed by atoms with Crippen molar-refractivity contribution < 1.29 is 5.11 Å². The monoisotopic (exact) mass is 412 g/mol. The Morgan fingerprint density at radius 3 is 1.56 bits per heavy atom. The van der Waals surface area contributed by atoms with Crippen LogP contribution in [0.25, 0.3) is 22.3 Å². The van der Waals surface area contributed by atoms with E-state index in [0.717, 1.165) is 43.4 Å². The number of hydrogen-bond donors (Lipinski definition) is 1. The quantitative estimate of drug-likeness (QED) is 0.384. The molecule has 1 N–H and O–H groups in total. The molecule has 5 rings (SSSR count). The molecule has 2 heteroatoms. The molecule has 0 heterocycles. The van der Waals surface area contributed by atoms with Gasteiger partial charge in [-0.3, -0.25) is 0 Å². The Kier molecular flexibility index (Phi) is 3.78. The maximum absolute atomic E-state index is 12.3. The maximum atomic E-state index is 12.3. The minimum atomic E-state index is -1.24. The van der Waals surface area contributed by atoms with Gasteiger partial charge in [0.1, 0.15) is 5.60 Å². The Labute approximate surface area is 167 Å². The van der Waals surface area contributed by atoms with E-state index in [1.54, 1.807) is 0 Å². The molecule has 0 amide bonds. The molecule has 4 aromatic carbocycles. The summed E-state index contributed by atoms with van der Waals surface area (Å²) in [6.45, 7) is 0. The van der Waals surface area contributed by atoms with Crippen molar-refractivity contribution >= 4 is 15.9 Å². The van der Waals surface area contributed by atoms with Crippen LogP contribution in [0.5, 0.6) is 0 Å². The van der Waals surface area contributed by atoms with Crippen LogP contribution >= 0.6 is 15.9 Å². The Morgan fingerprint density at radius 2 is 1.04 bits per heavy atom. The minimum absolute atomic E-state index is 0.851. The highest BCUT2D eigenvalue weighted by atomic mass is 79.9. The van der Waals surface area contributed by atoms with Crippen LogP contribution in [0.1, 0.15) is 16.7 Å². The lowest BCUT2D eigenvalue weighted by Crippen LogP contribution is -2.29. The zero-order chi connectivity index (χ0) is 18.4. The summed E-state index contributed by atoms with van der Waals surface area (Å²) < 4.78 is 0.949. The summed E-state index contributed by atoms with van der Waals surface area (Å²) in [6.07, 6.45) is 0. The first kappa shape index (κ1) is 16.5. The molecular formula is C25H17BrO. The highest BCUT2D eigenvalue weighted by Gasteiger charge is 2.40. The molecule has 1 aliphatic carbocycles. The Morgan fingerprint density at radius 1 is 0.556 bits per heavy atom. The second-order valence-electron chi connectivity index (χ2n) is 6.86. The topological polar surface area (TPSA) is 20.2 Å². The summed E-state index contributed by atoms with van der Waals surface area (Å²) >= 11 is 3.57. The fourth-order valence-electron chi connectivity index (χ4n) is 4.19. The summed E-state index contributed by atoms with van der Waals surface area (Å²) in [6, 6.07) is 32.7. The number of fused-ring (bicyclic) bond motifs is 5. The van der Waals surface area contributed by atoms with Crippen molar-refractivity contribution in [1.29, 1.82) is 0 Å². The van der Waals surface area contributed by atoms with Gasteiger partial charge in [0.05, 0.1) is 0 Å². The predicted octanol–water partition coefficient (Wildman–Crippen LogP) is 6.38. The van der Waals surface area contributed by atoms with E-state index in [1.807, 2.05) is 60.7 Å². The van der Waals surface area contributed by atoms with E-state index in [9.17, 15) is 5.11 Å². The molecule has 0 radical (unpaired) electrons. The van der Waals surface area contributed by atoms with Gasteiger partial charge in [-0.2, -0.15) is 0 Å². The molecule has 0 saturated carbocycles.